The second kappa shape index (κ2) is 6.42. The standard InChI is InChI=1S/C16H22ClNO/c1-11-7-8-13(14(17)9-11)10-16(19)18-15-6-4-3-5-12(15)2/h7-9,12,15H,3-6,10H2,1-2H3,(H,18,19). The predicted molar refractivity (Wildman–Crippen MR) is 79.5 cm³/mol. The summed E-state index contributed by atoms with van der Waals surface area (Å²) in [6.07, 6.45) is 5.21. The van der Waals surface area contributed by atoms with Crippen LogP contribution in [0.1, 0.15) is 43.7 Å². The molecule has 0 aliphatic heterocycles. The monoisotopic (exact) mass is 279 g/mol. The molecule has 0 radical (unpaired) electrons. The molecule has 2 atom stereocenters. The van der Waals surface area contributed by atoms with Crippen LogP contribution in [-0.2, 0) is 11.2 Å². The van der Waals surface area contributed by atoms with Gasteiger partial charge in [-0.25, -0.2) is 0 Å². The molecule has 2 rings (SSSR count). The average molecular weight is 280 g/mol. The number of benzene rings is 1. The lowest BCUT2D eigenvalue weighted by Gasteiger charge is -2.29. The molecule has 1 aliphatic rings. The highest BCUT2D eigenvalue weighted by molar-refractivity contribution is 6.31. The van der Waals surface area contributed by atoms with Gasteiger partial charge in [0, 0.05) is 11.1 Å². The molecule has 0 spiro atoms. The Labute approximate surface area is 120 Å². The minimum atomic E-state index is 0.0875. The molecule has 1 saturated carbocycles. The smallest absolute Gasteiger partial charge is 0.224 e. The number of rotatable bonds is 3. The third-order valence-electron chi connectivity index (χ3n) is 4.02. The number of hydrogen-bond acceptors (Lipinski definition) is 1. The SMILES string of the molecule is Cc1ccc(CC(=O)NC2CCCCC2C)c(Cl)c1. The maximum atomic E-state index is 12.1. The first-order valence-corrected chi connectivity index (χ1v) is 7.48. The summed E-state index contributed by atoms with van der Waals surface area (Å²) in [5, 5.41) is 3.85. The Morgan fingerprint density at radius 2 is 2.11 bits per heavy atom. The first kappa shape index (κ1) is 14.4. The number of halogens is 1. The zero-order chi connectivity index (χ0) is 13.8. The van der Waals surface area contributed by atoms with E-state index in [0.717, 1.165) is 17.5 Å². The van der Waals surface area contributed by atoms with Crippen molar-refractivity contribution in [3.05, 3.63) is 34.3 Å². The number of hydrogen-bond donors (Lipinski definition) is 1. The predicted octanol–water partition coefficient (Wildman–Crippen LogP) is 3.89. The highest BCUT2D eigenvalue weighted by Gasteiger charge is 2.22. The Hall–Kier alpha value is -1.02. The summed E-state index contributed by atoms with van der Waals surface area (Å²) in [5.74, 6) is 0.677. The highest BCUT2D eigenvalue weighted by Crippen LogP contribution is 2.24. The first-order chi connectivity index (χ1) is 9.06. The van der Waals surface area contributed by atoms with Crippen LogP contribution in [0.25, 0.3) is 0 Å². The second-order valence-corrected chi connectivity index (χ2v) is 6.11. The third kappa shape index (κ3) is 3.97. The maximum Gasteiger partial charge on any atom is 0.224 e. The fraction of sp³-hybridized carbons (Fsp3) is 0.562. The van der Waals surface area contributed by atoms with Crippen molar-refractivity contribution in [1.29, 1.82) is 0 Å². The van der Waals surface area contributed by atoms with E-state index in [2.05, 4.69) is 12.2 Å². The lowest BCUT2D eigenvalue weighted by atomic mass is 9.86. The molecule has 104 valence electrons. The Morgan fingerprint density at radius 1 is 1.37 bits per heavy atom. The lowest BCUT2D eigenvalue weighted by molar-refractivity contribution is -0.121. The Balaban J connectivity index is 1.93. The first-order valence-electron chi connectivity index (χ1n) is 7.10. The minimum Gasteiger partial charge on any atom is -0.353 e. The summed E-state index contributed by atoms with van der Waals surface area (Å²) < 4.78 is 0. The van der Waals surface area contributed by atoms with E-state index >= 15 is 0 Å². The van der Waals surface area contributed by atoms with Crippen LogP contribution in [0, 0.1) is 12.8 Å². The van der Waals surface area contributed by atoms with Crippen LogP contribution in [0.4, 0.5) is 0 Å². The number of nitrogens with one attached hydrogen (secondary N) is 1. The Bertz CT molecular complexity index is 458. The van der Waals surface area contributed by atoms with E-state index < -0.39 is 0 Å². The van der Waals surface area contributed by atoms with Crippen LogP contribution in [0.5, 0.6) is 0 Å². The van der Waals surface area contributed by atoms with Crippen molar-refractivity contribution < 1.29 is 4.79 Å². The summed E-state index contributed by atoms with van der Waals surface area (Å²) in [6.45, 7) is 4.22. The van der Waals surface area contributed by atoms with Crippen LogP contribution in [0.15, 0.2) is 18.2 Å². The van der Waals surface area contributed by atoms with E-state index in [1.807, 2.05) is 25.1 Å². The number of carbonyl (C=O) groups excluding carboxylic acids is 1. The Morgan fingerprint density at radius 3 is 2.79 bits per heavy atom. The van der Waals surface area contributed by atoms with Gasteiger partial charge in [-0.15, -0.1) is 0 Å². The van der Waals surface area contributed by atoms with Gasteiger partial charge in [0.05, 0.1) is 6.42 Å². The van der Waals surface area contributed by atoms with Gasteiger partial charge in [-0.3, -0.25) is 4.79 Å². The lowest BCUT2D eigenvalue weighted by Crippen LogP contribution is -2.41. The van der Waals surface area contributed by atoms with Crippen LogP contribution in [-0.4, -0.2) is 11.9 Å². The zero-order valence-electron chi connectivity index (χ0n) is 11.7. The third-order valence-corrected chi connectivity index (χ3v) is 4.37. The topological polar surface area (TPSA) is 29.1 Å². The van der Waals surface area contributed by atoms with Crippen LogP contribution < -0.4 is 5.32 Å². The van der Waals surface area contributed by atoms with Crippen LogP contribution in [0.3, 0.4) is 0 Å². The van der Waals surface area contributed by atoms with E-state index in [1.54, 1.807) is 0 Å². The van der Waals surface area contributed by atoms with Crippen molar-refractivity contribution in [2.45, 2.75) is 52.0 Å². The molecule has 1 amide bonds. The van der Waals surface area contributed by atoms with Gasteiger partial charge >= 0.3 is 0 Å². The van der Waals surface area contributed by atoms with Gasteiger partial charge in [0.1, 0.15) is 0 Å². The minimum absolute atomic E-state index is 0.0875. The molecule has 2 nitrogen and oxygen atoms in total. The largest absolute Gasteiger partial charge is 0.353 e. The summed E-state index contributed by atoms with van der Waals surface area (Å²) in [4.78, 5) is 12.1. The van der Waals surface area contributed by atoms with Gasteiger partial charge < -0.3 is 5.32 Å². The van der Waals surface area contributed by atoms with E-state index in [0.29, 0.717) is 23.4 Å². The maximum absolute atomic E-state index is 12.1. The Kier molecular flexibility index (Phi) is 4.87. The van der Waals surface area contributed by atoms with Crippen molar-refractivity contribution in [2.75, 3.05) is 0 Å². The van der Waals surface area contributed by atoms with Gasteiger partial charge in [-0.2, -0.15) is 0 Å². The summed E-state index contributed by atoms with van der Waals surface area (Å²) in [5.41, 5.74) is 2.03. The molecule has 2 unspecified atom stereocenters. The number of amides is 1. The highest BCUT2D eigenvalue weighted by atomic mass is 35.5. The van der Waals surface area contributed by atoms with Gasteiger partial charge in [0.25, 0.3) is 0 Å². The van der Waals surface area contributed by atoms with Gasteiger partial charge in [0.2, 0.25) is 5.91 Å². The van der Waals surface area contributed by atoms with Gasteiger partial charge in [-0.1, -0.05) is 43.5 Å². The van der Waals surface area contributed by atoms with Crippen molar-refractivity contribution in [2.24, 2.45) is 5.92 Å². The fourth-order valence-corrected chi connectivity index (χ4v) is 3.06. The molecule has 0 aromatic heterocycles. The quantitative estimate of drug-likeness (QED) is 0.894. The van der Waals surface area contributed by atoms with Crippen molar-refractivity contribution in [1.82, 2.24) is 5.32 Å². The summed E-state index contributed by atoms with van der Waals surface area (Å²) in [6, 6.07) is 6.19. The molecular weight excluding hydrogens is 258 g/mol. The molecule has 1 fully saturated rings. The number of carbonyl (C=O) groups is 1. The molecule has 0 bridgehead atoms. The zero-order valence-corrected chi connectivity index (χ0v) is 12.5. The molecule has 3 heteroatoms. The van der Waals surface area contributed by atoms with Crippen LogP contribution >= 0.6 is 11.6 Å². The molecule has 1 aromatic rings. The van der Waals surface area contributed by atoms with Crippen molar-refractivity contribution >= 4 is 17.5 Å². The molecule has 19 heavy (non-hydrogen) atoms. The van der Waals surface area contributed by atoms with E-state index in [4.69, 9.17) is 11.6 Å². The summed E-state index contributed by atoms with van der Waals surface area (Å²) in [7, 11) is 0. The average Bonchev–Trinajstić information content (AvgIpc) is 2.36. The number of aryl methyl sites for hydroxylation is 1. The fourth-order valence-electron chi connectivity index (χ4n) is 2.76. The normalized spacial score (nSPS) is 23.1. The molecule has 0 heterocycles. The second-order valence-electron chi connectivity index (χ2n) is 5.71. The van der Waals surface area contributed by atoms with Crippen molar-refractivity contribution in [3.8, 4) is 0 Å². The van der Waals surface area contributed by atoms with E-state index in [9.17, 15) is 4.79 Å². The molecule has 1 N–H and O–H groups in total. The van der Waals surface area contributed by atoms with Gasteiger partial charge in [-0.05, 0) is 42.9 Å². The molecule has 1 aliphatic carbocycles. The molecule has 1 aromatic carbocycles. The van der Waals surface area contributed by atoms with E-state index in [-0.39, 0.29) is 5.91 Å². The molecular formula is C16H22ClNO. The molecule has 0 saturated heterocycles. The van der Waals surface area contributed by atoms with Gasteiger partial charge in [0.15, 0.2) is 0 Å². The van der Waals surface area contributed by atoms with Crippen molar-refractivity contribution in [3.63, 3.8) is 0 Å². The summed E-state index contributed by atoms with van der Waals surface area (Å²) >= 11 is 6.17. The van der Waals surface area contributed by atoms with E-state index in [1.165, 1.54) is 19.3 Å². The van der Waals surface area contributed by atoms with Crippen LogP contribution in [0.2, 0.25) is 5.02 Å².